The Morgan fingerprint density at radius 3 is 2.81 bits per heavy atom. The zero-order chi connectivity index (χ0) is 17.9. The first-order valence-electron chi connectivity index (χ1n) is 7.92. The van der Waals surface area contributed by atoms with Gasteiger partial charge < -0.3 is 10.1 Å². The maximum atomic E-state index is 5.82. The number of hydrogen-bond acceptors (Lipinski definition) is 6. The van der Waals surface area contributed by atoms with Gasteiger partial charge in [0.15, 0.2) is 5.82 Å². The number of benzene rings is 1. The topological polar surface area (TPSA) is 77.8 Å². The van der Waals surface area contributed by atoms with Crippen LogP contribution in [0.15, 0.2) is 55.1 Å². The number of halogens is 1. The molecule has 3 heterocycles. The molecular formula is C18H15ClN6O. The Kier molecular flexibility index (Phi) is 4.37. The number of ether oxygens (including phenoxy) is 1. The molecule has 4 aromatic rings. The summed E-state index contributed by atoms with van der Waals surface area (Å²) in [6.45, 7) is 0.318. The lowest BCUT2D eigenvalue weighted by molar-refractivity contribution is 0.296. The van der Waals surface area contributed by atoms with E-state index in [9.17, 15) is 0 Å². The summed E-state index contributed by atoms with van der Waals surface area (Å²) in [7, 11) is 1.82. The molecule has 0 bridgehead atoms. The number of hydrogen-bond donors (Lipinski definition) is 1. The molecule has 0 aliphatic carbocycles. The molecule has 7 nitrogen and oxygen atoms in total. The van der Waals surface area contributed by atoms with E-state index in [1.54, 1.807) is 29.5 Å². The van der Waals surface area contributed by atoms with Gasteiger partial charge >= 0.3 is 0 Å². The average molecular weight is 367 g/mol. The summed E-state index contributed by atoms with van der Waals surface area (Å²) < 4.78 is 7.43. The number of aromatic nitrogens is 5. The number of nitrogens with one attached hydrogen (secondary N) is 1. The summed E-state index contributed by atoms with van der Waals surface area (Å²) in [5.41, 5.74) is 0.816. The zero-order valence-electron chi connectivity index (χ0n) is 13.9. The van der Waals surface area contributed by atoms with Crippen molar-refractivity contribution in [3.63, 3.8) is 0 Å². The quantitative estimate of drug-likeness (QED) is 0.542. The molecule has 0 amide bonds. The number of pyridine rings is 2. The minimum atomic E-state index is 0.318. The van der Waals surface area contributed by atoms with Gasteiger partial charge in [0.05, 0.1) is 11.9 Å². The van der Waals surface area contributed by atoms with Gasteiger partial charge in [0.2, 0.25) is 0 Å². The van der Waals surface area contributed by atoms with Gasteiger partial charge in [-0.1, -0.05) is 11.6 Å². The molecule has 3 aromatic heterocycles. The lowest BCUT2D eigenvalue weighted by Gasteiger charge is -2.10. The molecule has 0 atom stereocenters. The SMILES string of the molecule is Cn1cnc(COc2ccc3c(Nc4ccc(Cl)nc4)nccc3c2)n1. The van der Waals surface area contributed by atoms with E-state index in [0.29, 0.717) is 17.6 Å². The minimum Gasteiger partial charge on any atom is -0.486 e. The Morgan fingerprint density at radius 1 is 1.12 bits per heavy atom. The highest BCUT2D eigenvalue weighted by atomic mass is 35.5. The normalized spacial score (nSPS) is 10.8. The van der Waals surface area contributed by atoms with E-state index in [1.807, 2.05) is 37.4 Å². The molecule has 0 saturated carbocycles. The molecule has 0 saturated heterocycles. The van der Waals surface area contributed by atoms with Crippen molar-refractivity contribution in [2.45, 2.75) is 6.61 Å². The Bertz CT molecular complexity index is 1050. The molecule has 0 aliphatic heterocycles. The minimum absolute atomic E-state index is 0.318. The molecule has 1 N–H and O–H groups in total. The molecule has 0 unspecified atom stereocenters. The van der Waals surface area contributed by atoms with Crippen LogP contribution in [0.25, 0.3) is 10.8 Å². The number of aryl methyl sites for hydroxylation is 1. The lowest BCUT2D eigenvalue weighted by atomic mass is 10.1. The van der Waals surface area contributed by atoms with Crippen LogP contribution in [0.4, 0.5) is 11.5 Å². The van der Waals surface area contributed by atoms with Crippen LogP contribution >= 0.6 is 11.6 Å². The highest BCUT2D eigenvalue weighted by Gasteiger charge is 2.06. The fourth-order valence-electron chi connectivity index (χ4n) is 2.53. The first-order chi connectivity index (χ1) is 12.7. The van der Waals surface area contributed by atoms with Crippen molar-refractivity contribution < 1.29 is 4.74 Å². The van der Waals surface area contributed by atoms with Gasteiger partial charge in [-0.15, -0.1) is 0 Å². The average Bonchev–Trinajstić information content (AvgIpc) is 3.07. The highest BCUT2D eigenvalue weighted by molar-refractivity contribution is 6.29. The van der Waals surface area contributed by atoms with Gasteiger partial charge in [0.1, 0.15) is 29.7 Å². The van der Waals surface area contributed by atoms with Crippen molar-refractivity contribution in [2.75, 3.05) is 5.32 Å². The van der Waals surface area contributed by atoms with E-state index in [2.05, 4.69) is 25.4 Å². The third-order valence-corrected chi connectivity index (χ3v) is 3.96. The fraction of sp³-hybridized carbons (Fsp3) is 0.111. The number of anilines is 2. The van der Waals surface area contributed by atoms with E-state index in [4.69, 9.17) is 16.3 Å². The second-order valence-corrected chi connectivity index (χ2v) is 6.05. The van der Waals surface area contributed by atoms with E-state index < -0.39 is 0 Å². The van der Waals surface area contributed by atoms with Gasteiger partial charge in [-0.05, 0) is 41.8 Å². The Labute approximate surface area is 154 Å². The highest BCUT2D eigenvalue weighted by Crippen LogP contribution is 2.27. The first-order valence-corrected chi connectivity index (χ1v) is 8.30. The van der Waals surface area contributed by atoms with Crippen LogP contribution in [0.5, 0.6) is 5.75 Å². The summed E-state index contributed by atoms with van der Waals surface area (Å²) in [5, 5.41) is 9.90. The molecule has 1 aromatic carbocycles. The van der Waals surface area contributed by atoms with Crippen LogP contribution in [0, 0.1) is 0 Å². The molecule has 0 aliphatic rings. The zero-order valence-corrected chi connectivity index (χ0v) is 14.7. The molecule has 26 heavy (non-hydrogen) atoms. The summed E-state index contributed by atoms with van der Waals surface area (Å²) in [4.78, 5) is 12.6. The Morgan fingerprint density at radius 2 is 2.04 bits per heavy atom. The number of rotatable bonds is 5. The molecule has 0 fully saturated rings. The second-order valence-electron chi connectivity index (χ2n) is 5.66. The van der Waals surface area contributed by atoms with E-state index in [-0.39, 0.29) is 0 Å². The smallest absolute Gasteiger partial charge is 0.188 e. The Hall–Kier alpha value is -3.19. The maximum absolute atomic E-state index is 5.82. The van der Waals surface area contributed by atoms with Crippen LogP contribution in [-0.2, 0) is 13.7 Å². The van der Waals surface area contributed by atoms with Crippen molar-refractivity contribution in [1.29, 1.82) is 0 Å². The standard InChI is InChI=1S/C18H15ClN6O/c1-25-11-22-17(24-25)10-26-14-3-4-15-12(8-14)6-7-20-18(15)23-13-2-5-16(19)21-9-13/h2-9,11H,10H2,1H3,(H,20,23). The van der Waals surface area contributed by atoms with Crippen molar-refractivity contribution in [3.05, 3.63) is 66.1 Å². The van der Waals surface area contributed by atoms with E-state index in [0.717, 1.165) is 28.0 Å². The van der Waals surface area contributed by atoms with Crippen LogP contribution in [0.3, 0.4) is 0 Å². The first kappa shape index (κ1) is 16.3. The summed E-state index contributed by atoms with van der Waals surface area (Å²) >= 11 is 5.82. The van der Waals surface area contributed by atoms with E-state index in [1.165, 1.54) is 0 Å². The van der Waals surface area contributed by atoms with Gasteiger partial charge in [-0.25, -0.2) is 15.0 Å². The van der Waals surface area contributed by atoms with Crippen molar-refractivity contribution in [1.82, 2.24) is 24.7 Å². The third kappa shape index (κ3) is 3.57. The predicted octanol–water partition coefficient (Wildman–Crippen LogP) is 3.73. The third-order valence-electron chi connectivity index (χ3n) is 3.74. The van der Waals surface area contributed by atoms with Gasteiger partial charge in [-0.3, -0.25) is 4.68 Å². The predicted molar refractivity (Wildman–Crippen MR) is 99.6 cm³/mol. The summed E-state index contributed by atoms with van der Waals surface area (Å²) in [5.74, 6) is 2.12. The molecule has 8 heteroatoms. The van der Waals surface area contributed by atoms with Crippen LogP contribution in [0.1, 0.15) is 5.82 Å². The van der Waals surface area contributed by atoms with Gasteiger partial charge in [0.25, 0.3) is 0 Å². The molecular weight excluding hydrogens is 352 g/mol. The van der Waals surface area contributed by atoms with Gasteiger partial charge in [0, 0.05) is 18.6 Å². The van der Waals surface area contributed by atoms with Crippen LogP contribution < -0.4 is 10.1 Å². The largest absolute Gasteiger partial charge is 0.486 e. The summed E-state index contributed by atoms with van der Waals surface area (Å²) in [6.07, 6.45) is 5.06. The Balaban J connectivity index is 1.56. The number of nitrogens with zero attached hydrogens (tertiary/aromatic N) is 5. The molecule has 4 rings (SSSR count). The van der Waals surface area contributed by atoms with Gasteiger partial charge in [-0.2, -0.15) is 5.10 Å². The molecule has 0 radical (unpaired) electrons. The number of fused-ring (bicyclic) bond motifs is 1. The fourth-order valence-corrected chi connectivity index (χ4v) is 2.64. The lowest BCUT2D eigenvalue weighted by Crippen LogP contribution is -1.99. The van der Waals surface area contributed by atoms with Crippen molar-refractivity contribution in [3.8, 4) is 5.75 Å². The van der Waals surface area contributed by atoms with Crippen molar-refractivity contribution >= 4 is 33.9 Å². The maximum Gasteiger partial charge on any atom is 0.188 e. The van der Waals surface area contributed by atoms with E-state index >= 15 is 0 Å². The van der Waals surface area contributed by atoms with Crippen LogP contribution in [-0.4, -0.2) is 24.7 Å². The monoisotopic (exact) mass is 366 g/mol. The van der Waals surface area contributed by atoms with Crippen molar-refractivity contribution in [2.24, 2.45) is 7.05 Å². The molecule has 130 valence electrons. The summed E-state index contributed by atoms with van der Waals surface area (Å²) in [6, 6.07) is 11.4. The second kappa shape index (κ2) is 6.97. The van der Waals surface area contributed by atoms with Crippen LogP contribution in [0.2, 0.25) is 5.15 Å². The molecule has 0 spiro atoms.